The van der Waals surface area contributed by atoms with E-state index in [1.807, 2.05) is 0 Å². The third-order valence-corrected chi connectivity index (χ3v) is 0.638. The highest BCUT2D eigenvalue weighted by Crippen LogP contribution is 1.94. The quantitative estimate of drug-likeness (QED) is 0.385. The third kappa shape index (κ3) is 0.412. The molecule has 0 aromatic carbocycles. The second-order valence-corrected chi connectivity index (χ2v) is 1.23. The fourth-order valence-corrected chi connectivity index (χ4v) is 0.236. The highest BCUT2D eigenvalue weighted by atomic mass is 16.5. The third-order valence-electron chi connectivity index (χ3n) is 0.638. The molecule has 0 aromatic heterocycles. The molecule has 1 aliphatic rings. The molecule has 0 bridgehead atoms. The Bertz CT molecular complexity index is 33.9. The van der Waals surface area contributed by atoms with Crippen LogP contribution in [0.5, 0.6) is 0 Å². The summed E-state index contributed by atoms with van der Waals surface area (Å²) in [6.07, 6.45) is 0. The Labute approximate surface area is 30.9 Å². The Kier molecular flexibility index (Phi) is 0.596. The van der Waals surface area contributed by atoms with E-state index in [4.69, 9.17) is 5.73 Å². The average Bonchev–Trinajstić information content (AvgIpc) is 1.30. The summed E-state index contributed by atoms with van der Waals surface area (Å²) in [6.45, 7) is 1.31. The van der Waals surface area contributed by atoms with Crippen molar-refractivity contribution in [2.45, 2.75) is 6.04 Å². The zero-order valence-electron chi connectivity index (χ0n) is 2.90. The summed E-state index contributed by atoms with van der Waals surface area (Å²) in [6, 6.07) is 0.0926. The maximum Gasteiger partial charge on any atom is 0.0680 e. The topological polar surface area (TPSA) is 33.0 Å². The molecule has 1 radical (unpaired) electrons. The lowest BCUT2D eigenvalue weighted by atomic mass is 10.3. The van der Waals surface area contributed by atoms with Crippen LogP contribution in [0.25, 0.3) is 0 Å². The van der Waals surface area contributed by atoms with E-state index in [1.54, 1.807) is 0 Å². The smallest absolute Gasteiger partial charge is 0.0680 e. The van der Waals surface area contributed by atoms with E-state index in [1.165, 1.54) is 0 Å². The number of ether oxygens (including phenoxy) is 1. The van der Waals surface area contributed by atoms with Gasteiger partial charge in [0.2, 0.25) is 0 Å². The van der Waals surface area contributed by atoms with Crippen LogP contribution in [0.3, 0.4) is 0 Å². The van der Waals surface area contributed by atoms with Gasteiger partial charge in [-0.2, -0.15) is 0 Å². The molecule has 1 fully saturated rings. The van der Waals surface area contributed by atoms with Gasteiger partial charge in [0.1, 0.15) is 0 Å². The molecule has 2 nitrogen and oxygen atoms in total. The van der Waals surface area contributed by atoms with Gasteiger partial charge >= 0.3 is 0 Å². The minimum atomic E-state index is 0.0926. The van der Waals surface area contributed by atoms with Crippen LogP contribution in [0, 0.1) is 0 Å². The fraction of sp³-hybridized carbons (Fsp3) is 1.00. The zero-order valence-corrected chi connectivity index (χ0v) is 2.90. The van der Waals surface area contributed by atoms with Gasteiger partial charge in [-0.1, -0.05) is 0 Å². The van der Waals surface area contributed by atoms with Gasteiger partial charge in [-0.05, 0) is 0 Å². The Hall–Kier alpha value is -0.0800. The monoisotopic (exact) mass is 72.0 g/mol. The molecule has 0 aliphatic carbocycles. The molecule has 0 spiro atoms. The van der Waals surface area contributed by atoms with Crippen LogP contribution < -0.4 is 5.73 Å². The van der Waals surface area contributed by atoms with E-state index in [9.17, 15) is 0 Å². The summed E-state index contributed by atoms with van der Waals surface area (Å²) >= 11 is 0. The van der Waals surface area contributed by atoms with E-state index in [-0.39, 0.29) is 6.04 Å². The zero-order chi connectivity index (χ0) is 3.70. The predicted molar refractivity (Wildman–Crippen MR) is 17.7 cm³/mol. The molecule has 29 valence electrons. The van der Waals surface area contributed by atoms with Crippen molar-refractivity contribution in [3.63, 3.8) is 0 Å². The first-order valence-corrected chi connectivity index (χ1v) is 1.68. The molecule has 1 rings (SSSR count). The Morgan fingerprint density at radius 2 is 2.00 bits per heavy atom. The van der Waals surface area contributed by atoms with Crippen LogP contribution in [0.4, 0.5) is 0 Å². The molecule has 2 heteroatoms. The Balaban J connectivity index is 2.08. The highest BCUT2D eigenvalue weighted by Gasteiger charge is 2.11. The molecule has 0 unspecified atom stereocenters. The van der Waals surface area contributed by atoms with Gasteiger partial charge in [0.25, 0.3) is 0 Å². The van der Waals surface area contributed by atoms with Gasteiger partial charge in [0.05, 0.1) is 19.3 Å². The second kappa shape index (κ2) is 0.954. The maximum absolute atomic E-state index is 6.79. The fourth-order valence-electron chi connectivity index (χ4n) is 0.236. The van der Waals surface area contributed by atoms with E-state index >= 15 is 0 Å². The lowest BCUT2D eigenvalue weighted by Crippen LogP contribution is -2.34. The van der Waals surface area contributed by atoms with Gasteiger partial charge in [0.15, 0.2) is 0 Å². The van der Waals surface area contributed by atoms with Crippen molar-refractivity contribution >= 4 is 0 Å². The first-order chi connectivity index (χ1) is 2.39. The van der Waals surface area contributed by atoms with Gasteiger partial charge < -0.3 is 4.74 Å². The van der Waals surface area contributed by atoms with Crippen molar-refractivity contribution in [2.75, 3.05) is 13.2 Å². The van der Waals surface area contributed by atoms with E-state index in [0.29, 0.717) is 13.2 Å². The van der Waals surface area contributed by atoms with Gasteiger partial charge in [-0.3, -0.25) is 0 Å². The molecule has 1 heterocycles. The highest BCUT2D eigenvalue weighted by molar-refractivity contribution is 4.64. The van der Waals surface area contributed by atoms with Crippen LogP contribution >= 0.6 is 0 Å². The molecular formula is C3H6NO. The lowest BCUT2D eigenvalue weighted by molar-refractivity contribution is 0.00889. The van der Waals surface area contributed by atoms with Gasteiger partial charge in [-0.15, -0.1) is 0 Å². The molecule has 1 saturated heterocycles. The summed E-state index contributed by atoms with van der Waals surface area (Å²) in [5.41, 5.74) is 6.79. The predicted octanol–water partition coefficient (Wildman–Crippen LogP) is -0.332. The first-order valence-electron chi connectivity index (χ1n) is 1.68. The van der Waals surface area contributed by atoms with Gasteiger partial charge in [0, 0.05) is 0 Å². The maximum atomic E-state index is 6.79. The van der Waals surface area contributed by atoms with Crippen LogP contribution in [0.1, 0.15) is 0 Å². The van der Waals surface area contributed by atoms with Crippen molar-refractivity contribution in [1.82, 2.24) is 5.73 Å². The summed E-state index contributed by atoms with van der Waals surface area (Å²) in [4.78, 5) is 0. The van der Waals surface area contributed by atoms with Crippen LogP contribution in [-0.4, -0.2) is 19.3 Å². The average molecular weight is 72.1 g/mol. The van der Waals surface area contributed by atoms with E-state index < -0.39 is 0 Å². The molecule has 0 saturated carbocycles. The number of hydrogen-bond donors (Lipinski definition) is 0. The van der Waals surface area contributed by atoms with Crippen LogP contribution in [0.2, 0.25) is 0 Å². The molecule has 5 heavy (non-hydrogen) atoms. The summed E-state index contributed by atoms with van der Waals surface area (Å²) < 4.78 is 4.65. The standard InChI is InChI=1S/C3H6NO/c4-3-1-5-2-3/h3-4H,1-2H2. The van der Waals surface area contributed by atoms with E-state index in [0.717, 1.165) is 0 Å². The summed E-state index contributed by atoms with van der Waals surface area (Å²) in [5.74, 6) is 0. The minimum absolute atomic E-state index is 0.0926. The minimum Gasteiger partial charge on any atom is -0.378 e. The van der Waals surface area contributed by atoms with Crippen molar-refractivity contribution in [1.29, 1.82) is 0 Å². The largest absolute Gasteiger partial charge is 0.378 e. The lowest BCUT2D eigenvalue weighted by Gasteiger charge is -2.19. The number of nitrogens with one attached hydrogen (secondary N) is 1. The van der Waals surface area contributed by atoms with Crippen LogP contribution in [0.15, 0.2) is 0 Å². The normalized spacial score (nSPS) is 25.8. The summed E-state index contributed by atoms with van der Waals surface area (Å²) in [5, 5.41) is 0. The van der Waals surface area contributed by atoms with Crippen LogP contribution in [-0.2, 0) is 4.74 Å². The SMILES string of the molecule is [NH]C1COC1. The first kappa shape index (κ1) is 3.12. The molecule has 0 amide bonds. The van der Waals surface area contributed by atoms with Crippen molar-refractivity contribution in [3.05, 3.63) is 0 Å². The molecular weight excluding hydrogens is 66.0 g/mol. The summed E-state index contributed by atoms with van der Waals surface area (Å²) in [7, 11) is 0. The second-order valence-electron chi connectivity index (χ2n) is 1.23. The number of hydrogen-bond acceptors (Lipinski definition) is 1. The van der Waals surface area contributed by atoms with Crippen molar-refractivity contribution in [2.24, 2.45) is 0 Å². The molecule has 1 N–H and O–H groups in total. The van der Waals surface area contributed by atoms with E-state index in [2.05, 4.69) is 4.74 Å². The van der Waals surface area contributed by atoms with Gasteiger partial charge in [-0.25, -0.2) is 5.73 Å². The molecule has 0 atom stereocenters. The molecule has 1 aliphatic heterocycles. The molecule has 0 aromatic rings. The number of rotatable bonds is 0. The van der Waals surface area contributed by atoms with Crippen molar-refractivity contribution in [3.8, 4) is 0 Å². The Morgan fingerprint density at radius 1 is 1.60 bits per heavy atom. The van der Waals surface area contributed by atoms with Crippen molar-refractivity contribution < 1.29 is 4.74 Å². The Morgan fingerprint density at radius 3 is 2.00 bits per heavy atom.